The van der Waals surface area contributed by atoms with Gasteiger partial charge in [-0.25, -0.2) is 0 Å². The first-order chi connectivity index (χ1) is 5.81. The molecule has 0 aliphatic rings. The minimum Gasteiger partial charge on any atom is -0.301 e. The van der Waals surface area contributed by atoms with Crippen molar-refractivity contribution >= 4 is 6.72 Å². The van der Waals surface area contributed by atoms with Gasteiger partial charge in [-0.3, -0.25) is 0 Å². The van der Waals surface area contributed by atoms with Gasteiger partial charge in [0.05, 0.1) is 0 Å². The van der Waals surface area contributed by atoms with Crippen LogP contribution < -0.4 is 0 Å². The molecule has 0 bridgehead atoms. The first kappa shape index (κ1) is 11.4. The molecule has 70 valence electrons. The molecule has 0 aromatic carbocycles. The number of hydrogen-bond donors (Lipinski definition) is 0. The molecule has 0 saturated carbocycles. The van der Waals surface area contributed by atoms with Crippen molar-refractivity contribution in [3.8, 4) is 0 Å². The van der Waals surface area contributed by atoms with Gasteiger partial charge in [0.2, 0.25) is 0 Å². The monoisotopic (exact) mass is 167 g/mol. The molecular formula is C11H21N. The Kier molecular flexibility index (Phi) is 8.09. The normalized spacial score (nSPS) is 13.5. The van der Waals surface area contributed by atoms with Gasteiger partial charge in [0.25, 0.3) is 0 Å². The van der Waals surface area contributed by atoms with Crippen molar-refractivity contribution in [1.82, 2.24) is 0 Å². The molecule has 0 saturated heterocycles. The van der Waals surface area contributed by atoms with E-state index in [0.29, 0.717) is 0 Å². The van der Waals surface area contributed by atoms with Crippen LogP contribution in [-0.4, -0.2) is 13.3 Å². The second-order valence-corrected chi connectivity index (χ2v) is 3.35. The molecule has 0 fully saturated rings. The molecule has 0 aliphatic heterocycles. The van der Waals surface area contributed by atoms with E-state index < -0.39 is 0 Å². The molecule has 1 nitrogen and oxygen atoms in total. The number of allylic oxidation sites excluding steroid dienone is 2. The smallest absolute Gasteiger partial charge is 0.0382 e. The largest absolute Gasteiger partial charge is 0.301 e. The van der Waals surface area contributed by atoms with Crippen molar-refractivity contribution < 1.29 is 0 Å². The lowest BCUT2D eigenvalue weighted by atomic mass is 10.0. The van der Waals surface area contributed by atoms with Crippen LogP contribution >= 0.6 is 0 Å². The first-order valence-electron chi connectivity index (χ1n) is 4.85. The minimum atomic E-state index is 0.825. The van der Waals surface area contributed by atoms with Crippen LogP contribution in [0.3, 0.4) is 0 Å². The Morgan fingerprint density at radius 1 is 1.42 bits per heavy atom. The molecule has 0 heterocycles. The summed E-state index contributed by atoms with van der Waals surface area (Å²) in [6.45, 7) is 8.78. The number of nitrogens with zero attached hydrogens (tertiary/aromatic N) is 1. The number of unbranched alkanes of at least 4 members (excludes halogenated alkanes) is 1. The lowest BCUT2D eigenvalue weighted by Crippen LogP contribution is -1.93. The highest BCUT2D eigenvalue weighted by molar-refractivity contribution is 5.22. The average molecular weight is 167 g/mol. The summed E-state index contributed by atoms with van der Waals surface area (Å²) < 4.78 is 0. The van der Waals surface area contributed by atoms with E-state index in [9.17, 15) is 0 Å². The molecule has 0 aromatic rings. The fourth-order valence-electron chi connectivity index (χ4n) is 1.20. The minimum absolute atomic E-state index is 0.825. The van der Waals surface area contributed by atoms with Gasteiger partial charge in [0.15, 0.2) is 0 Å². The third-order valence-electron chi connectivity index (χ3n) is 2.04. The highest BCUT2D eigenvalue weighted by Gasteiger charge is 1.98. The highest BCUT2D eigenvalue weighted by Crippen LogP contribution is 2.12. The number of hydrogen-bond acceptors (Lipinski definition) is 1. The van der Waals surface area contributed by atoms with E-state index in [2.05, 4.69) is 37.7 Å². The Morgan fingerprint density at radius 3 is 2.75 bits per heavy atom. The van der Waals surface area contributed by atoms with Gasteiger partial charge in [-0.2, -0.15) is 0 Å². The van der Waals surface area contributed by atoms with Crippen LogP contribution in [0.1, 0.15) is 39.5 Å². The van der Waals surface area contributed by atoms with Crippen LogP contribution in [0, 0.1) is 5.92 Å². The van der Waals surface area contributed by atoms with Gasteiger partial charge in [0, 0.05) is 6.54 Å². The Morgan fingerprint density at radius 2 is 2.17 bits per heavy atom. The molecule has 0 aromatic heterocycles. The van der Waals surface area contributed by atoms with Crippen LogP contribution in [0.25, 0.3) is 0 Å². The third kappa shape index (κ3) is 7.52. The standard InChI is InChI=1S/C11H21N/c1-4-5-8-11(2)9-6-7-10-12-3/h4-5,11H,3,6-10H2,1-2H3/b5-4+/t11-/m0/s1. The fraction of sp³-hybridized carbons (Fsp3) is 0.727. The van der Waals surface area contributed by atoms with Gasteiger partial charge in [-0.1, -0.05) is 31.9 Å². The van der Waals surface area contributed by atoms with Crippen molar-refractivity contribution in [2.24, 2.45) is 10.9 Å². The zero-order valence-corrected chi connectivity index (χ0v) is 8.42. The van der Waals surface area contributed by atoms with Crippen LogP contribution in [0.5, 0.6) is 0 Å². The molecule has 0 rings (SSSR count). The van der Waals surface area contributed by atoms with Crippen molar-refractivity contribution in [2.75, 3.05) is 6.54 Å². The maximum atomic E-state index is 3.83. The SMILES string of the molecule is C=NCCCC[C@@H](C)C/C=C/C. The average Bonchev–Trinajstić information content (AvgIpc) is 2.09. The lowest BCUT2D eigenvalue weighted by molar-refractivity contribution is 0.506. The zero-order chi connectivity index (χ0) is 9.23. The predicted molar refractivity (Wildman–Crippen MR) is 56.9 cm³/mol. The Bertz CT molecular complexity index is 127. The van der Waals surface area contributed by atoms with Gasteiger partial charge in [-0.15, -0.1) is 0 Å². The molecule has 0 unspecified atom stereocenters. The number of aliphatic imine (C=N–C) groups is 1. The van der Waals surface area contributed by atoms with E-state index in [1.54, 1.807) is 0 Å². The van der Waals surface area contributed by atoms with E-state index >= 15 is 0 Å². The fourth-order valence-corrected chi connectivity index (χ4v) is 1.20. The Balaban J connectivity index is 3.18. The summed E-state index contributed by atoms with van der Waals surface area (Å²) in [5.74, 6) is 0.825. The maximum Gasteiger partial charge on any atom is 0.0382 e. The van der Waals surface area contributed by atoms with E-state index in [0.717, 1.165) is 12.5 Å². The van der Waals surface area contributed by atoms with Crippen molar-refractivity contribution in [2.45, 2.75) is 39.5 Å². The molecule has 0 N–H and O–H groups in total. The second-order valence-electron chi connectivity index (χ2n) is 3.35. The molecular weight excluding hydrogens is 146 g/mol. The summed E-state index contributed by atoms with van der Waals surface area (Å²) in [4.78, 5) is 3.83. The van der Waals surface area contributed by atoms with E-state index in [4.69, 9.17) is 0 Å². The quantitative estimate of drug-likeness (QED) is 0.313. The van der Waals surface area contributed by atoms with Crippen molar-refractivity contribution in [3.05, 3.63) is 12.2 Å². The summed E-state index contributed by atoms with van der Waals surface area (Å²) in [5.41, 5.74) is 0. The number of rotatable bonds is 7. The molecule has 0 radical (unpaired) electrons. The first-order valence-corrected chi connectivity index (χ1v) is 4.85. The highest BCUT2D eigenvalue weighted by atomic mass is 14.7. The van der Waals surface area contributed by atoms with E-state index in [1.807, 2.05) is 0 Å². The van der Waals surface area contributed by atoms with Gasteiger partial charge in [-0.05, 0) is 32.4 Å². The molecule has 0 amide bonds. The summed E-state index contributed by atoms with van der Waals surface area (Å²) >= 11 is 0. The van der Waals surface area contributed by atoms with Crippen LogP contribution in [0.2, 0.25) is 0 Å². The summed E-state index contributed by atoms with van der Waals surface area (Å²) in [5, 5.41) is 0. The van der Waals surface area contributed by atoms with E-state index in [-0.39, 0.29) is 0 Å². The predicted octanol–water partition coefficient (Wildman–Crippen LogP) is 3.46. The molecule has 0 spiro atoms. The lowest BCUT2D eigenvalue weighted by Gasteiger charge is -2.06. The zero-order valence-electron chi connectivity index (χ0n) is 8.42. The molecule has 1 atom stereocenters. The topological polar surface area (TPSA) is 12.4 Å². The molecule has 1 heteroatoms. The van der Waals surface area contributed by atoms with Gasteiger partial charge >= 0.3 is 0 Å². The Hall–Kier alpha value is -0.590. The second kappa shape index (κ2) is 8.51. The molecule has 12 heavy (non-hydrogen) atoms. The van der Waals surface area contributed by atoms with Gasteiger partial charge < -0.3 is 4.99 Å². The Labute approximate surface area is 76.6 Å². The van der Waals surface area contributed by atoms with Crippen LogP contribution in [0.4, 0.5) is 0 Å². The molecule has 0 aliphatic carbocycles. The van der Waals surface area contributed by atoms with E-state index in [1.165, 1.54) is 25.7 Å². The summed E-state index contributed by atoms with van der Waals surface area (Å²) in [6, 6.07) is 0. The van der Waals surface area contributed by atoms with Crippen LogP contribution in [0.15, 0.2) is 17.1 Å². The van der Waals surface area contributed by atoms with Crippen molar-refractivity contribution in [3.63, 3.8) is 0 Å². The maximum absolute atomic E-state index is 3.83. The third-order valence-corrected chi connectivity index (χ3v) is 2.04. The van der Waals surface area contributed by atoms with Crippen molar-refractivity contribution in [1.29, 1.82) is 0 Å². The summed E-state index contributed by atoms with van der Waals surface area (Å²) in [7, 11) is 0. The van der Waals surface area contributed by atoms with Crippen LogP contribution in [-0.2, 0) is 0 Å². The van der Waals surface area contributed by atoms with Gasteiger partial charge in [0.1, 0.15) is 0 Å². The summed E-state index contributed by atoms with van der Waals surface area (Å²) in [6.07, 6.45) is 9.40.